The predicted molar refractivity (Wildman–Crippen MR) is 101 cm³/mol. The fourth-order valence-electron chi connectivity index (χ4n) is 4.34. The molecular formula is C22H26N2O. The normalized spacial score (nSPS) is 18.2. The zero-order valence-corrected chi connectivity index (χ0v) is 15.0. The number of nitrogens with zero attached hydrogens (tertiary/aromatic N) is 1. The van der Waals surface area contributed by atoms with Gasteiger partial charge >= 0.3 is 0 Å². The second-order valence-corrected chi connectivity index (χ2v) is 7.55. The van der Waals surface area contributed by atoms with Gasteiger partial charge in [0.2, 0.25) is 5.91 Å². The van der Waals surface area contributed by atoms with E-state index >= 15 is 0 Å². The number of benzene rings is 2. The molecule has 0 aromatic heterocycles. The number of fused-ring (bicyclic) bond motifs is 3. The Hall–Kier alpha value is -2.13. The molecule has 2 aliphatic rings. The molecule has 4 rings (SSSR count). The first-order chi connectivity index (χ1) is 12.1. The van der Waals surface area contributed by atoms with Crippen molar-refractivity contribution in [3.8, 4) is 11.1 Å². The molecule has 1 aliphatic carbocycles. The van der Waals surface area contributed by atoms with Crippen LogP contribution in [0.2, 0.25) is 0 Å². The van der Waals surface area contributed by atoms with Crippen LogP contribution < -0.4 is 5.32 Å². The fraction of sp³-hybridized carbons (Fsp3) is 0.409. The van der Waals surface area contributed by atoms with E-state index in [0.29, 0.717) is 6.04 Å². The molecule has 25 heavy (non-hydrogen) atoms. The second-order valence-electron chi connectivity index (χ2n) is 7.55. The third kappa shape index (κ3) is 2.98. The molecule has 0 unspecified atom stereocenters. The van der Waals surface area contributed by atoms with Crippen LogP contribution >= 0.6 is 0 Å². The Labute approximate surface area is 150 Å². The van der Waals surface area contributed by atoms with Gasteiger partial charge in [0.15, 0.2) is 0 Å². The Bertz CT molecular complexity index is 730. The molecule has 130 valence electrons. The number of likely N-dealkylation sites (tertiary alicyclic amines) is 1. The second kappa shape index (κ2) is 6.64. The van der Waals surface area contributed by atoms with E-state index in [0.717, 1.165) is 25.9 Å². The maximum Gasteiger partial charge on any atom is 0.223 e. The number of hydrogen-bond acceptors (Lipinski definition) is 2. The molecular weight excluding hydrogens is 308 g/mol. The lowest BCUT2D eigenvalue weighted by Gasteiger charge is -2.36. The van der Waals surface area contributed by atoms with Crippen molar-refractivity contribution in [2.45, 2.75) is 38.8 Å². The Kier molecular flexibility index (Phi) is 4.34. The lowest BCUT2D eigenvalue weighted by Crippen LogP contribution is -2.43. The molecule has 1 N–H and O–H groups in total. The van der Waals surface area contributed by atoms with Gasteiger partial charge < -0.3 is 5.32 Å². The molecule has 0 spiro atoms. The van der Waals surface area contributed by atoms with Crippen LogP contribution in [0.4, 0.5) is 0 Å². The van der Waals surface area contributed by atoms with E-state index in [-0.39, 0.29) is 17.9 Å². The fourth-order valence-corrected chi connectivity index (χ4v) is 4.34. The molecule has 2 aromatic rings. The van der Waals surface area contributed by atoms with Crippen LogP contribution in [0.25, 0.3) is 11.1 Å². The van der Waals surface area contributed by atoms with Gasteiger partial charge in [0.05, 0.1) is 6.04 Å². The number of nitrogens with one attached hydrogen (secondary N) is 1. The molecule has 0 radical (unpaired) electrons. The molecule has 1 fully saturated rings. The first-order valence-corrected chi connectivity index (χ1v) is 9.38. The Balaban J connectivity index is 1.55. The SMILES string of the molecule is CC(C)NC(=O)C1CCN(C2c3ccccc3-c3ccccc32)CC1. The van der Waals surface area contributed by atoms with Gasteiger partial charge in [0.1, 0.15) is 0 Å². The van der Waals surface area contributed by atoms with Crippen LogP contribution in [0.3, 0.4) is 0 Å². The number of piperidine rings is 1. The van der Waals surface area contributed by atoms with Crippen LogP contribution in [0.5, 0.6) is 0 Å². The summed E-state index contributed by atoms with van der Waals surface area (Å²) in [7, 11) is 0. The van der Waals surface area contributed by atoms with Crippen LogP contribution in [0.15, 0.2) is 48.5 Å². The topological polar surface area (TPSA) is 32.3 Å². The van der Waals surface area contributed by atoms with Crippen molar-refractivity contribution in [1.29, 1.82) is 0 Å². The van der Waals surface area contributed by atoms with Crippen molar-refractivity contribution in [3.05, 3.63) is 59.7 Å². The van der Waals surface area contributed by atoms with Crippen LogP contribution in [0, 0.1) is 5.92 Å². The summed E-state index contributed by atoms with van der Waals surface area (Å²) in [5.41, 5.74) is 5.55. The molecule has 1 heterocycles. The number of hydrogen-bond donors (Lipinski definition) is 1. The van der Waals surface area contributed by atoms with Crippen molar-refractivity contribution < 1.29 is 4.79 Å². The largest absolute Gasteiger partial charge is 0.354 e. The van der Waals surface area contributed by atoms with Crippen molar-refractivity contribution in [3.63, 3.8) is 0 Å². The minimum atomic E-state index is 0.158. The minimum Gasteiger partial charge on any atom is -0.354 e. The third-order valence-electron chi connectivity index (χ3n) is 5.50. The molecule has 2 aromatic carbocycles. The summed E-state index contributed by atoms with van der Waals surface area (Å²) in [6.45, 7) is 6.01. The summed E-state index contributed by atoms with van der Waals surface area (Å²) in [5.74, 6) is 0.382. The standard InChI is InChI=1S/C22H26N2O/c1-15(2)23-22(25)16-11-13-24(14-12-16)21-19-9-5-3-7-17(19)18-8-4-6-10-20(18)21/h3-10,15-16,21H,11-14H2,1-2H3,(H,23,25). The van der Waals surface area contributed by atoms with E-state index in [1.165, 1.54) is 22.3 Å². The van der Waals surface area contributed by atoms with Gasteiger partial charge in [-0.2, -0.15) is 0 Å². The van der Waals surface area contributed by atoms with Crippen molar-refractivity contribution in [2.75, 3.05) is 13.1 Å². The van der Waals surface area contributed by atoms with E-state index in [4.69, 9.17) is 0 Å². The van der Waals surface area contributed by atoms with E-state index in [1.807, 2.05) is 13.8 Å². The van der Waals surface area contributed by atoms with E-state index in [1.54, 1.807) is 0 Å². The number of carbonyl (C=O) groups excluding carboxylic acids is 1. The molecule has 0 saturated carbocycles. The van der Waals surface area contributed by atoms with E-state index in [2.05, 4.69) is 58.7 Å². The first kappa shape index (κ1) is 16.3. The van der Waals surface area contributed by atoms with E-state index < -0.39 is 0 Å². The molecule has 3 nitrogen and oxygen atoms in total. The quantitative estimate of drug-likeness (QED) is 0.920. The Morgan fingerprint density at radius 1 is 0.960 bits per heavy atom. The summed E-state index contributed by atoms with van der Waals surface area (Å²) in [5, 5.41) is 3.07. The van der Waals surface area contributed by atoms with Crippen molar-refractivity contribution in [1.82, 2.24) is 10.2 Å². The number of rotatable bonds is 3. The Morgan fingerprint density at radius 2 is 1.48 bits per heavy atom. The van der Waals surface area contributed by atoms with Gasteiger partial charge in [0.25, 0.3) is 0 Å². The molecule has 0 bridgehead atoms. The average molecular weight is 334 g/mol. The van der Waals surface area contributed by atoms with Gasteiger partial charge in [-0.1, -0.05) is 48.5 Å². The highest BCUT2D eigenvalue weighted by Crippen LogP contribution is 2.46. The van der Waals surface area contributed by atoms with Gasteiger partial charge in [-0.25, -0.2) is 0 Å². The van der Waals surface area contributed by atoms with Gasteiger partial charge in [-0.05, 0) is 62.0 Å². The summed E-state index contributed by atoms with van der Waals surface area (Å²) in [4.78, 5) is 14.9. The average Bonchev–Trinajstić information content (AvgIpc) is 2.96. The third-order valence-corrected chi connectivity index (χ3v) is 5.50. The van der Waals surface area contributed by atoms with Gasteiger partial charge in [0, 0.05) is 12.0 Å². The van der Waals surface area contributed by atoms with Crippen LogP contribution in [-0.2, 0) is 4.79 Å². The smallest absolute Gasteiger partial charge is 0.223 e. The summed E-state index contributed by atoms with van der Waals surface area (Å²) in [6.07, 6.45) is 1.89. The van der Waals surface area contributed by atoms with Gasteiger partial charge in [-0.3, -0.25) is 9.69 Å². The highest BCUT2D eigenvalue weighted by molar-refractivity contribution is 5.79. The summed E-state index contributed by atoms with van der Waals surface area (Å²) >= 11 is 0. The highest BCUT2D eigenvalue weighted by atomic mass is 16.1. The Morgan fingerprint density at radius 3 is 2.00 bits per heavy atom. The first-order valence-electron chi connectivity index (χ1n) is 9.38. The minimum absolute atomic E-state index is 0.158. The maximum atomic E-state index is 12.3. The highest BCUT2D eigenvalue weighted by Gasteiger charge is 2.35. The molecule has 1 amide bonds. The lowest BCUT2D eigenvalue weighted by atomic mass is 9.92. The summed E-state index contributed by atoms with van der Waals surface area (Å²) < 4.78 is 0. The van der Waals surface area contributed by atoms with Gasteiger partial charge in [-0.15, -0.1) is 0 Å². The zero-order chi connectivity index (χ0) is 17.4. The molecule has 1 aliphatic heterocycles. The van der Waals surface area contributed by atoms with Crippen molar-refractivity contribution in [2.24, 2.45) is 5.92 Å². The molecule has 3 heteroatoms. The summed E-state index contributed by atoms with van der Waals surface area (Å²) in [6, 6.07) is 18.1. The van der Waals surface area contributed by atoms with E-state index in [9.17, 15) is 4.79 Å². The van der Waals surface area contributed by atoms with Crippen LogP contribution in [0.1, 0.15) is 43.9 Å². The van der Waals surface area contributed by atoms with Crippen LogP contribution in [-0.4, -0.2) is 29.9 Å². The monoisotopic (exact) mass is 334 g/mol. The number of carbonyl (C=O) groups is 1. The maximum absolute atomic E-state index is 12.3. The lowest BCUT2D eigenvalue weighted by molar-refractivity contribution is -0.127. The molecule has 0 atom stereocenters. The predicted octanol–water partition coefficient (Wildman–Crippen LogP) is 3.99. The molecule has 1 saturated heterocycles. The zero-order valence-electron chi connectivity index (χ0n) is 15.0. The van der Waals surface area contributed by atoms with Crippen molar-refractivity contribution >= 4 is 5.91 Å². The number of amides is 1.